The third-order valence-corrected chi connectivity index (χ3v) is 4.36. The first kappa shape index (κ1) is 17.1. The molecule has 0 unspecified atom stereocenters. The first-order valence-electron chi connectivity index (χ1n) is 5.47. The molecule has 112 valence electrons. The van der Waals surface area contributed by atoms with Crippen molar-refractivity contribution in [3.05, 3.63) is 0 Å². The molecule has 0 aromatic rings. The Kier molecular flexibility index (Phi) is 6.43. The van der Waals surface area contributed by atoms with E-state index in [4.69, 9.17) is 21.3 Å². The summed E-state index contributed by atoms with van der Waals surface area (Å²) in [6, 6.07) is 0. The number of ether oxygens (including phenoxy) is 2. The molecule has 1 heterocycles. The summed E-state index contributed by atoms with van der Waals surface area (Å²) < 4.78 is 18.3. The second kappa shape index (κ2) is 7.16. The summed E-state index contributed by atoms with van der Waals surface area (Å²) in [6.45, 7) is 0. The molecule has 1 aliphatic rings. The second-order valence-corrected chi connectivity index (χ2v) is 6.18. The summed E-state index contributed by atoms with van der Waals surface area (Å²) >= 11 is 0. The molecule has 0 aromatic heterocycles. The number of aliphatic hydroxyl groups is 3. The van der Waals surface area contributed by atoms with Crippen LogP contribution in [-0.4, -0.2) is 59.3 Å². The van der Waals surface area contributed by atoms with Crippen LogP contribution in [-0.2, 0) is 23.6 Å². The van der Waals surface area contributed by atoms with Crippen molar-refractivity contribution in [2.45, 2.75) is 37.1 Å². The zero-order valence-corrected chi connectivity index (χ0v) is 11.2. The largest absolute Gasteiger partial charge is 0.495 e. The van der Waals surface area contributed by atoms with E-state index in [0.29, 0.717) is 0 Å². The van der Waals surface area contributed by atoms with Crippen molar-refractivity contribution in [3.63, 3.8) is 0 Å². The number of hydrogen-bond acceptors (Lipinski definition) is 9. The van der Waals surface area contributed by atoms with Gasteiger partial charge in [0.05, 0.1) is 6.10 Å². The van der Waals surface area contributed by atoms with E-state index in [0.717, 1.165) is 0 Å². The van der Waals surface area contributed by atoms with Crippen molar-refractivity contribution in [1.29, 1.82) is 0 Å². The van der Waals surface area contributed by atoms with Crippen LogP contribution in [0.4, 0.5) is 0 Å². The van der Waals surface area contributed by atoms with Crippen molar-refractivity contribution in [2.24, 2.45) is 11.8 Å². The SMILES string of the molecule is C[O+][C@H]1O[C@H](CC[P+]([O])(ON)ON)[C@@H](O)[C@H](O)[C@@H]1O. The van der Waals surface area contributed by atoms with E-state index in [1.165, 1.54) is 7.11 Å². The van der Waals surface area contributed by atoms with Crippen LogP contribution < -0.4 is 11.8 Å². The van der Waals surface area contributed by atoms with Crippen LogP contribution in [0.15, 0.2) is 0 Å². The number of methoxy groups -OCH3 is 1. The Labute approximate surface area is 110 Å². The molecule has 1 saturated heterocycles. The Morgan fingerprint density at radius 2 is 1.79 bits per heavy atom. The molecule has 10 nitrogen and oxygen atoms in total. The van der Waals surface area contributed by atoms with Crippen molar-refractivity contribution in [1.82, 2.24) is 0 Å². The van der Waals surface area contributed by atoms with Gasteiger partial charge in [-0.1, -0.05) is 9.25 Å². The minimum atomic E-state index is -3.66. The van der Waals surface area contributed by atoms with Crippen LogP contribution in [0.25, 0.3) is 0 Å². The Morgan fingerprint density at radius 1 is 1.21 bits per heavy atom. The summed E-state index contributed by atoms with van der Waals surface area (Å²) in [4.78, 5) is 11.6. The lowest BCUT2D eigenvalue weighted by atomic mass is 9.97. The molecule has 1 fully saturated rings. The minimum absolute atomic E-state index is 0.0313. The highest BCUT2D eigenvalue weighted by Crippen LogP contribution is 2.55. The average Bonchev–Trinajstić information content (AvgIpc) is 2.43. The normalized spacial score (nSPS) is 36.5. The molecule has 0 saturated carbocycles. The quantitative estimate of drug-likeness (QED) is 0.207. The van der Waals surface area contributed by atoms with Gasteiger partial charge in [0.2, 0.25) is 7.11 Å². The molecular formula is C8H19N2O8P+2. The van der Waals surface area contributed by atoms with E-state index >= 15 is 0 Å². The number of rotatable bonds is 6. The molecular weight excluding hydrogens is 283 g/mol. The number of hydrogen-bond donors (Lipinski definition) is 5. The van der Waals surface area contributed by atoms with Gasteiger partial charge < -0.3 is 15.3 Å². The van der Waals surface area contributed by atoms with E-state index in [9.17, 15) is 20.2 Å². The fourth-order valence-electron chi connectivity index (χ4n) is 1.77. The van der Waals surface area contributed by atoms with Gasteiger partial charge in [-0.15, -0.1) is 4.74 Å². The zero-order valence-electron chi connectivity index (χ0n) is 10.3. The fraction of sp³-hybridized carbons (Fsp3) is 1.00. The molecule has 2 radical (unpaired) electrons. The van der Waals surface area contributed by atoms with Gasteiger partial charge in [-0.05, 0) is 0 Å². The summed E-state index contributed by atoms with van der Waals surface area (Å²) in [6.07, 6.45) is -6.55. The maximum Gasteiger partial charge on any atom is 0.495 e. The van der Waals surface area contributed by atoms with E-state index in [1.54, 1.807) is 0 Å². The Balaban J connectivity index is 2.62. The predicted molar refractivity (Wildman–Crippen MR) is 61.3 cm³/mol. The summed E-state index contributed by atoms with van der Waals surface area (Å²) in [5.41, 5.74) is 0. The lowest BCUT2D eigenvalue weighted by molar-refractivity contribution is -0.290. The lowest BCUT2D eigenvalue weighted by Crippen LogP contribution is -2.58. The Morgan fingerprint density at radius 3 is 2.26 bits per heavy atom. The summed E-state index contributed by atoms with van der Waals surface area (Å²) in [5.74, 6) is 9.57. The van der Waals surface area contributed by atoms with Crippen LogP contribution in [0.1, 0.15) is 6.42 Å². The van der Waals surface area contributed by atoms with Crippen LogP contribution in [0.2, 0.25) is 0 Å². The first-order chi connectivity index (χ1) is 8.88. The molecule has 0 bridgehead atoms. The molecule has 1 rings (SSSR count). The first-order valence-corrected chi connectivity index (χ1v) is 7.19. The van der Waals surface area contributed by atoms with Gasteiger partial charge in [-0.25, -0.2) is 0 Å². The van der Waals surface area contributed by atoms with Gasteiger partial charge in [0.25, 0.3) is 0 Å². The van der Waals surface area contributed by atoms with Gasteiger partial charge >= 0.3 is 14.2 Å². The molecule has 19 heavy (non-hydrogen) atoms. The Bertz CT molecular complexity index is 279. The molecule has 5 atom stereocenters. The van der Waals surface area contributed by atoms with E-state index < -0.39 is 38.6 Å². The maximum atomic E-state index is 11.6. The van der Waals surface area contributed by atoms with E-state index in [2.05, 4.69) is 9.25 Å². The van der Waals surface area contributed by atoms with Crippen LogP contribution in [0.3, 0.4) is 0 Å². The summed E-state index contributed by atoms with van der Waals surface area (Å²) in [7, 11) is -2.39. The molecule has 0 spiro atoms. The van der Waals surface area contributed by atoms with Gasteiger partial charge in [0.15, 0.2) is 12.3 Å². The van der Waals surface area contributed by atoms with Crippen molar-refractivity contribution in [3.8, 4) is 0 Å². The smallest absolute Gasteiger partial charge is 0.388 e. The predicted octanol–water partition coefficient (Wildman–Crippen LogP) is -2.20. The topological polar surface area (TPSA) is 172 Å². The highest BCUT2D eigenvalue weighted by Gasteiger charge is 2.52. The number of aliphatic hydroxyl groups excluding tert-OH is 3. The Hall–Kier alpha value is 0.0300. The molecule has 0 aliphatic carbocycles. The zero-order chi connectivity index (χ0) is 14.6. The van der Waals surface area contributed by atoms with Crippen molar-refractivity contribution < 1.29 is 38.9 Å². The third kappa shape index (κ3) is 4.00. The van der Waals surface area contributed by atoms with Crippen LogP contribution in [0, 0.1) is 0 Å². The molecule has 1 aliphatic heterocycles. The fourth-order valence-corrected chi connectivity index (χ4v) is 2.60. The highest BCUT2D eigenvalue weighted by molar-refractivity contribution is 7.60. The monoisotopic (exact) mass is 302 g/mol. The van der Waals surface area contributed by atoms with Gasteiger partial charge in [-0.2, -0.15) is 11.8 Å². The molecule has 7 N–H and O–H groups in total. The van der Waals surface area contributed by atoms with Gasteiger partial charge in [0.1, 0.15) is 12.2 Å². The standard InChI is InChI=1S/C8H19N2O8P/c1-15-8-7(13)6(12)5(11)4(16-8)2-3-19(14,17-9)18-10/h4-8,11-13H,2-3,9-10H2,1H3/q+2/t4-,5-,6+,7+,8+/m1/s1. The maximum absolute atomic E-state index is 11.6. The minimum Gasteiger partial charge on any atom is -0.388 e. The van der Waals surface area contributed by atoms with Gasteiger partial charge in [-0.3, -0.25) is 4.74 Å². The summed E-state index contributed by atoms with van der Waals surface area (Å²) in [5, 5.41) is 28.9. The van der Waals surface area contributed by atoms with Gasteiger partial charge in [0, 0.05) is 11.3 Å². The van der Waals surface area contributed by atoms with E-state index in [1.807, 2.05) is 0 Å². The molecule has 11 heteroatoms. The molecule has 0 amide bonds. The van der Waals surface area contributed by atoms with Crippen molar-refractivity contribution in [2.75, 3.05) is 13.3 Å². The van der Waals surface area contributed by atoms with Crippen LogP contribution >= 0.6 is 7.94 Å². The molecule has 0 aromatic carbocycles. The van der Waals surface area contributed by atoms with Crippen molar-refractivity contribution >= 4 is 7.94 Å². The highest BCUT2D eigenvalue weighted by atomic mass is 31.2. The second-order valence-electron chi connectivity index (χ2n) is 4.08. The number of nitrogens with two attached hydrogens (primary N) is 2. The van der Waals surface area contributed by atoms with Crippen LogP contribution in [0.5, 0.6) is 0 Å². The average molecular weight is 302 g/mol. The lowest BCUT2D eigenvalue weighted by Gasteiger charge is -2.35. The third-order valence-electron chi connectivity index (χ3n) is 2.91. The van der Waals surface area contributed by atoms with E-state index in [-0.39, 0.29) is 12.6 Å².